The number of rotatable bonds is 4. The zero-order valence-corrected chi connectivity index (χ0v) is 11.8. The molecule has 2 rings (SSSR count). The number of benzene rings is 1. The van der Waals surface area contributed by atoms with Crippen LogP contribution < -0.4 is 16.0 Å². The molecule has 106 valence electrons. The van der Waals surface area contributed by atoms with Gasteiger partial charge in [0.2, 0.25) is 5.88 Å². The van der Waals surface area contributed by atoms with Crippen molar-refractivity contribution in [2.45, 2.75) is 19.9 Å². The number of nitrogens with zero attached hydrogens (tertiary/aromatic N) is 1. The average molecular weight is 275 g/mol. The van der Waals surface area contributed by atoms with E-state index in [0.717, 1.165) is 11.1 Å². The molecule has 4 nitrogen and oxygen atoms in total. The van der Waals surface area contributed by atoms with E-state index in [1.165, 1.54) is 13.2 Å². The number of hydrazine groups is 1. The van der Waals surface area contributed by atoms with E-state index in [0.29, 0.717) is 17.0 Å². The molecule has 0 amide bonds. The topological polar surface area (TPSA) is 60.2 Å². The first-order chi connectivity index (χ1) is 9.58. The maximum Gasteiger partial charge on any atom is 0.218 e. The van der Waals surface area contributed by atoms with Gasteiger partial charge < -0.3 is 4.74 Å². The van der Waals surface area contributed by atoms with E-state index in [9.17, 15) is 4.39 Å². The Balaban J connectivity index is 2.59. The largest absolute Gasteiger partial charge is 0.481 e. The summed E-state index contributed by atoms with van der Waals surface area (Å²) in [4.78, 5) is 4.13. The van der Waals surface area contributed by atoms with Gasteiger partial charge in [0.15, 0.2) is 0 Å². The molecular weight excluding hydrogens is 257 g/mol. The van der Waals surface area contributed by atoms with Crippen LogP contribution in [0, 0.1) is 19.7 Å². The van der Waals surface area contributed by atoms with Gasteiger partial charge in [-0.2, -0.15) is 0 Å². The van der Waals surface area contributed by atoms with Gasteiger partial charge >= 0.3 is 0 Å². The number of halogens is 1. The molecule has 1 aromatic carbocycles. The average Bonchev–Trinajstić information content (AvgIpc) is 2.42. The fraction of sp³-hybridized carbons (Fsp3) is 0.267. The second kappa shape index (κ2) is 5.98. The van der Waals surface area contributed by atoms with Crippen LogP contribution in [0.5, 0.6) is 5.88 Å². The predicted molar refractivity (Wildman–Crippen MR) is 75.8 cm³/mol. The zero-order chi connectivity index (χ0) is 14.7. The molecule has 0 bridgehead atoms. The molecule has 0 aliphatic heterocycles. The molecule has 0 radical (unpaired) electrons. The first-order valence-electron chi connectivity index (χ1n) is 6.30. The number of aromatic nitrogens is 1. The maximum atomic E-state index is 14.3. The number of hydrogen-bond acceptors (Lipinski definition) is 4. The van der Waals surface area contributed by atoms with Gasteiger partial charge in [-0.1, -0.05) is 12.1 Å². The number of nitrogens with one attached hydrogen (secondary N) is 1. The van der Waals surface area contributed by atoms with E-state index in [1.54, 1.807) is 12.3 Å². The van der Waals surface area contributed by atoms with Crippen molar-refractivity contribution in [3.05, 3.63) is 58.5 Å². The quantitative estimate of drug-likeness (QED) is 0.664. The summed E-state index contributed by atoms with van der Waals surface area (Å²) in [5.41, 5.74) is 5.55. The van der Waals surface area contributed by atoms with E-state index in [4.69, 9.17) is 10.6 Å². The Morgan fingerprint density at radius 2 is 2.10 bits per heavy atom. The summed E-state index contributed by atoms with van der Waals surface area (Å²) in [5.74, 6) is 5.77. The van der Waals surface area contributed by atoms with Crippen LogP contribution in [-0.2, 0) is 0 Å². The van der Waals surface area contributed by atoms with E-state index in [1.807, 2.05) is 26.0 Å². The van der Waals surface area contributed by atoms with Gasteiger partial charge in [-0.15, -0.1) is 0 Å². The first-order valence-corrected chi connectivity index (χ1v) is 6.30. The highest BCUT2D eigenvalue weighted by Crippen LogP contribution is 2.31. The number of methoxy groups -OCH3 is 1. The molecule has 0 saturated heterocycles. The van der Waals surface area contributed by atoms with E-state index in [-0.39, 0.29) is 5.82 Å². The summed E-state index contributed by atoms with van der Waals surface area (Å²) in [6.07, 6.45) is 1.62. The van der Waals surface area contributed by atoms with Crippen molar-refractivity contribution in [2.75, 3.05) is 7.11 Å². The number of aryl methyl sites for hydroxylation is 2. The molecule has 0 fully saturated rings. The van der Waals surface area contributed by atoms with Gasteiger partial charge in [-0.3, -0.25) is 5.84 Å². The fourth-order valence-corrected chi connectivity index (χ4v) is 2.41. The lowest BCUT2D eigenvalue weighted by Gasteiger charge is -2.21. The molecule has 20 heavy (non-hydrogen) atoms. The van der Waals surface area contributed by atoms with Gasteiger partial charge in [-0.05, 0) is 37.1 Å². The lowest BCUT2D eigenvalue weighted by atomic mass is 9.94. The minimum Gasteiger partial charge on any atom is -0.481 e. The molecule has 1 aromatic heterocycles. The van der Waals surface area contributed by atoms with Crippen LogP contribution >= 0.6 is 0 Å². The predicted octanol–water partition coefficient (Wildman–Crippen LogP) is 2.40. The van der Waals surface area contributed by atoms with Crippen LogP contribution in [-0.4, -0.2) is 12.1 Å². The number of pyridine rings is 1. The van der Waals surface area contributed by atoms with Crippen molar-refractivity contribution in [1.29, 1.82) is 0 Å². The third-order valence-electron chi connectivity index (χ3n) is 3.24. The Morgan fingerprint density at radius 1 is 1.35 bits per heavy atom. The molecular formula is C15H18FN3O. The minimum atomic E-state index is -0.515. The third-order valence-corrected chi connectivity index (χ3v) is 3.24. The van der Waals surface area contributed by atoms with Crippen molar-refractivity contribution in [2.24, 2.45) is 5.84 Å². The normalized spacial score (nSPS) is 12.2. The Morgan fingerprint density at radius 3 is 2.70 bits per heavy atom. The third kappa shape index (κ3) is 2.64. The van der Waals surface area contributed by atoms with Crippen molar-refractivity contribution in [1.82, 2.24) is 10.4 Å². The SMILES string of the molecule is COc1ncccc1C(NN)c1c(C)cc(C)cc1F. The van der Waals surface area contributed by atoms with Crippen molar-refractivity contribution in [3.8, 4) is 5.88 Å². The van der Waals surface area contributed by atoms with Crippen LogP contribution in [0.4, 0.5) is 4.39 Å². The Hall–Kier alpha value is -1.98. The number of hydrogen-bond donors (Lipinski definition) is 2. The molecule has 0 aliphatic rings. The maximum absolute atomic E-state index is 14.3. The van der Waals surface area contributed by atoms with Crippen molar-refractivity contribution in [3.63, 3.8) is 0 Å². The molecule has 1 heterocycles. The van der Waals surface area contributed by atoms with Crippen molar-refractivity contribution >= 4 is 0 Å². The Labute approximate surface area is 117 Å². The fourth-order valence-electron chi connectivity index (χ4n) is 2.41. The van der Waals surface area contributed by atoms with Gasteiger partial charge in [0.05, 0.1) is 13.2 Å². The standard InChI is InChI=1S/C15H18FN3O/c1-9-7-10(2)13(12(16)8-9)14(19-17)11-5-4-6-18-15(11)20-3/h4-8,14,19H,17H2,1-3H3. The molecule has 1 unspecified atom stereocenters. The molecule has 3 N–H and O–H groups in total. The van der Waals surface area contributed by atoms with Gasteiger partial charge in [0.1, 0.15) is 5.82 Å². The highest BCUT2D eigenvalue weighted by atomic mass is 19.1. The molecule has 0 aliphatic carbocycles. The van der Waals surface area contributed by atoms with Gasteiger partial charge in [-0.25, -0.2) is 14.8 Å². The van der Waals surface area contributed by atoms with Crippen LogP contribution in [0.2, 0.25) is 0 Å². The van der Waals surface area contributed by atoms with Crippen LogP contribution in [0.3, 0.4) is 0 Å². The Bertz CT molecular complexity index is 593. The second-order valence-electron chi connectivity index (χ2n) is 4.68. The highest BCUT2D eigenvalue weighted by molar-refractivity contribution is 5.42. The molecule has 0 spiro atoms. The van der Waals surface area contributed by atoms with E-state index < -0.39 is 6.04 Å². The van der Waals surface area contributed by atoms with Crippen LogP contribution in [0.25, 0.3) is 0 Å². The molecule has 5 heteroatoms. The summed E-state index contributed by atoms with van der Waals surface area (Å²) in [6, 6.07) is 6.49. The summed E-state index contributed by atoms with van der Waals surface area (Å²) in [7, 11) is 1.53. The van der Waals surface area contributed by atoms with Crippen molar-refractivity contribution < 1.29 is 9.13 Å². The summed E-state index contributed by atoms with van der Waals surface area (Å²) in [6.45, 7) is 3.72. The lowest BCUT2D eigenvalue weighted by molar-refractivity contribution is 0.386. The van der Waals surface area contributed by atoms with E-state index >= 15 is 0 Å². The van der Waals surface area contributed by atoms with Gasteiger partial charge in [0.25, 0.3) is 0 Å². The summed E-state index contributed by atoms with van der Waals surface area (Å²) >= 11 is 0. The highest BCUT2D eigenvalue weighted by Gasteiger charge is 2.22. The first kappa shape index (κ1) is 14.4. The Kier molecular flexibility index (Phi) is 4.32. The zero-order valence-electron chi connectivity index (χ0n) is 11.8. The number of nitrogens with two attached hydrogens (primary N) is 1. The second-order valence-corrected chi connectivity index (χ2v) is 4.68. The van der Waals surface area contributed by atoms with Crippen LogP contribution in [0.15, 0.2) is 30.5 Å². The lowest BCUT2D eigenvalue weighted by Crippen LogP contribution is -2.30. The summed E-state index contributed by atoms with van der Waals surface area (Å²) in [5, 5.41) is 0. The van der Waals surface area contributed by atoms with Gasteiger partial charge in [0, 0.05) is 17.3 Å². The minimum absolute atomic E-state index is 0.295. The molecule has 0 saturated carbocycles. The summed E-state index contributed by atoms with van der Waals surface area (Å²) < 4.78 is 19.5. The monoisotopic (exact) mass is 275 g/mol. The number of ether oxygens (including phenoxy) is 1. The van der Waals surface area contributed by atoms with Crippen LogP contribution in [0.1, 0.15) is 28.3 Å². The molecule has 2 aromatic rings. The smallest absolute Gasteiger partial charge is 0.218 e. The molecule has 1 atom stereocenters. The van der Waals surface area contributed by atoms with E-state index in [2.05, 4.69) is 10.4 Å².